The number of nitrogens with zero attached hydrogens (tertiary/aromatic N) is 3. The summed E-state index contributed by atoms with van der Waals surface area (Å²) in [6.45, 7) is 0.00522. The number of carbonyl (C=O) groups excluding carboxylic acids is 2. The Labute approximate surface area is 141 Å². The summed E-state index contributed by atoms with van der Waals surface area (Å²) in [5.74, 6) is -0.819. The Morgan fingerprint density at radius 3 is 2.96 bits per heavy atom. The number of nitriles is 1. The lowest BCUT2D eigenvalue weighted by Crippen LogP contribution is -2.32. The fourth-order valence-corrected chi connectivity index (χ4v) is 3.23. The number of likely N-dealkylation sites (N-methyl/N-ethyl adjacent to an activating group) is 1. The van der Waals surface area contributed by atoms with Crippen LogP contribution in [0.25, 0.3) is 10.6 Å². The molecule has 6 nitrogen and oxygen atoms in total. The normalized spacial score (nSPS) is 10.1. The van der Waals surface area contributed by atoms with Gasteiger partial charge in [-0.25, -0.2) is 4.98 Å². The zero-order chi connectivity index (χ0) is 16.7. The van der Waals surface area contributed by atoms with Crippen LogP contribution >= 0.6 is 22.7 Å². The van der Waals surface area contributed by atoms with Crippen LogP contribution in [0.1, 0.15) is 12.1 Å². The molecule has 0 saturated heterocycles. The highest BCUT2D eigenvalue weighted by atomic mass is 32.1. The molecule has 0 aliphatic heterocycles. The molecule has 0 bridgehead atoms. The average Bonchev–Trinajstić information content (AvgIpc) is 3.21. The summed E-state index contributed by atoms with van der Waals surface area (Å²) in [5, 5.41) is 15.1. The van der Waals surface area contributed by atoms with Crippen LogP contribution in [0.4, 0.5) is 0 Å². The molecule has 0 aromatic carbocycles. The van der Waals surface area contributed by atoms with Gasteiger partial charge < -0.3 is 9.64 Å². The van der Waals surface area contributed by atoms with E-state index in [9.17, 15) is 9.59 Å². The van der Waals surface area contributed by atoms with Crippen LogP contribution < -0.4 is 0 Å². The first-order valence-corrected chi connectivity index (χ1v) is 8.66. The topological polar surface area (TPSA) is 83.3 Å². The number of carbonyl (C=O) groups is 2. The van der Waals surface area contributed by atoms with Crippen molar-refractivity contribution in [1.82, 2.24) is 9.88 Å². The first-order valence-electron chi connectivity index (χ1n) is 6.83. The minimum Gasteiger partial charge on any atom is -0.455 e. The largest absolute Gasteiger partial charge is 0.455 e. The van der Waals surface area contributed by atoms with E-state index in [1.807, 2.05) is 28.3 Å². The van der Waals surface area contributed by atoms with Crippen LogP contribution in [-0.4, -0.2) is 42.0 Å². The van der Waals surface area contributed by atoms with Crippen molar-refractivity contribution >= 4 is 34.6 Å². The number of esters is 1. The third-order valence-corrected chi connectivity index (χ3v) is 4.61. The predicted octanol–water partition coefficient (Wildman–Crippen LogP) is 2.33. The Balaban J connectivity index is 1.79. The van der Waals surface area contributed by atoms with E-state index in [0.29, 0.717) is 12.2 Å². The Bertz CT molecular complexity index is 704. The van der Waals surface area contributed by atoms with Gasteiger partial charge in [0.25, 0.3) is 5.91 Å². The number of thiazole rings is 1. The van der Waals surface area contributed by atoms with E-state index in [-0.39, 0.29) is 25.4 Å². The molecule has 2 rings (SSSR count). The van der Waals surface area contributed by atoms with Crippen LogP contribution in [0, 0.1) is 11.3 Å². The summed E-state index contributed by atoms with van der Waals surface area (Å²) in [6, 6.07) is 3.93. The van der Waals surface area contributed by atoms with Crippen LogP contribution in [0.5, 0.6) is 0 Å². The van der Waals surface area contributed by atoms with Gasteiger partial charge in [0.05, 0.1) is 24.6 Å². The van der Waals surface area contributed by atoms with Crippen LogP contribution in [0.15, 0.2) is 22.2 Å². The van der Waals surface area contributed by atoms with Crippen molar-refractivity contribution in [2.24, 2.45) is 0 Å². The van der Waals surface area contributed by atoms with E-state index >= 15 is 0 Å². The first kappa shape index (κ1) is 17.1. The van der Waals surface area contributed by atoms with E-state index in [4.69, 9.17) is 10.00 Å². The molecule has 0 saturated carbocycles. The SMILES string of the molecule is CN(CCC#N)C(=O)COC(=O)Cc1csc(-c2ccsc2)n1. The van der Waals surface area contributed by atoms with Crippen molar-refractivity contribution < 1.29 is 14.3 Å². The number of amides is 1. The van der Waals surface area contributed by atoms with Gasteiger partial charge in [-0.2, -0.15) is 16.6 Å². The summed E-state index contributed by atoms with van der Waals surface area (Å²) in [4.78, 5) is 29.2. The summed E-state index contributed by atoms with van der Waals surface area (Å²) < 4.78 is 4.96. The Kier molecular flexibility index (Phi) is 6.26. The molecule has 0 aliphatic carbocycles. The van der Waals surface area contributed by atoms with Crippen molar-refractivity contribution in [3.63, 3.8) is 0 Å². The zero-order valence-electron chi connectivity index (χ0n) is 12.5. The molecule has 8 heteroatoms. The Hall–Kier alpha value is -2.24. The van der Waals surface area contributed by atoms with E-state index in [2.05, 4.69) is 4.98 Å². The first-order chi connectivity index (χ1) is 11.1. The van der Waals surface area contributed by atoms with E-state index < -0.39 is 5.97 Å². The van der Waals surface area contributed by atoms with Gasteiger partial charge in [0, 0.05) is 29.9 Å². The van der Waals surface area contributed by atoms with Gasteiger partial charge in [0.2, 0.25) is 0 Å². The van der Waals surface area contributed by atoms with Gasteiger partial charge in [0.15, 0.2) is 6.61 Å². The van der Waals surface area contributed by atoms with Gasteiger partial charge >= 0.3 is 5.97 Å². The second-order valence-corrected chi connectivity index (χ2v) is 6.36. The van der Waals surface area contributed by atoms with Crippen molar-refractivity contribution in [2.75, 3.05) is 20.2 Å². The van der Waals surface area contributed by atoms with Crippen molar-refractivity contribution in [3.8, 4) is 16.6 Å². The second-order valence-electron chi connectivity index (χ2n) is 4.72. The lowest BCUT2D eigenvalue weighted by molar-refractivity contribution is -0.150. The fourth-order valence-electron chi connectivity index (χ4n) is 1.70. The molecule has 23 heavy (non-hydrogen) atoms. The van der Waals surface area contributed by atoms with Crippen LogP contribution in [0.2, 0.25) is 0 Å². The van der Waals surface area contributed by atoms with Crippen LogP contribution in [0.3, 0.4) is 0 Å². The molecule has 2 aromatic rings. The van der Waals surface area contributed by atoms with Crippen LogP contribution in [-0.2, 0) is 20.7 Å². The minimum atomic E-state index is -0.491. The minimum absolute atomic E-state index is 0.0375. The fraction of sp³-hybridized carbons (Fsp3) is 0.333. The van der Waals surface area contributed by atoms with Gasteiger partial charge in [0.1, 0.15) is 5.01 Å². The summed E-state index contributed by atoms with van der Waals surface area (Å²) in [7, 11) is 1.57. The zero-order valence-corrected chi connectivity index (χ0v) is 14.2. The van der Waals surface area contributed by atoms with E-state index in [1.54, 1.807) is 18.4 Å². The maximum absolute atomic E-state index is 11.8. The highest BCUT2D eigenvalue weighted by Crippen LogP contribution is 2.25. The molecule has 0 atom stereocenters. The third kappa shape index (κ3) is 5.16. The van der Waals surface area contributed by atoms with Crippen molar-refractivity contribution in [2.45, 2.75) is 12.8 Å². The molecule has 0 N–H and O–H groups in total. The second kappa shape index (κ2) is 8.41. The maximum Gasteiger partial charge on any atom is 0.312 e. The quantitative estimate of drug-likeness (QED) is 0.716. The predicted molar refractivity (Wildman–Crippen MR) is 88.0 cm³/mol. The molecule has 0 aliphatic rings. The molecular weight excluding hydrogens is 334 g/mol. The standard InChI is InChI=1S/C15H15N3O3S2/c1-18(5-2-4-16)13(19)8-21-14(20)7-12-10-23-15(17-12)11-3-6-22-9-11/h3,6,9-10H,2,5,7-8H2,1H3. The third-order valence-electron chi connectivity index (χ3n) is 2.99. The smallest absolute Gasteiger partial charge is 0.312 e. The highest BCUT2D eigenvalue weighted by molar-refractivity contribution is 7.14. The van der Waals surface area contributed by atoms with E-state index in [1.165, 1.54) is 16.2 Å². The molecule has 120 valence electrons. The summed E-state index contributed by atoms with van der Waals surface area (Å²) in [6.07, 6.45) is 0.288. The number of ether oxygens (including phenoxy) is 1. The molecule has 0 radical (unpaired) electrons. The summed E-state index contributed by atoms with van der Waals surface area (Å²) >= 11 is 3.06. The number of hydrogen-bond acceptors (Lipinski definition) is 7. The van der Waals surface area contributed by atoms with Gasteiger partial charge in [-0.1, -0.05) is 0 Å². The molecule has 0 spiro atoms. The van der Waals surface area contributed by atoms with Crippen molar-refractivity contribution in [1.29, 1.82) is 5.26 Å². The lowest BCUT2D eigenvalue weighted by atomic mass is 10.3. The molecular formula is C15H15N3O3S2. The average molecular weight is 349 g/mol. The maximum atomic E-state index is 11.8. The number of rotatable bonds is 7. The monoisotopic (exact) mass is 349 g/mol. The van der Waals surface area contributed by atoms with Crippen molar-refractivity contribution in [3.05, 3.63) is 27.9 Å². The Morgan fingerprint density at radius 2 is 2.26 bits per heavy atom. The Morgan fingerprint density at radius 1 is 1.43 bits per heavy atom. The molecule has 0 unspecified atom stereocenters. The highest BCUT2D eigenvalue weighted by Gasteiger charge is 2.14. The molecule has 2 aromatic heterocycles. The van der Waals surface area contributed by atoms with Gasteiger partial charge in [-0.3, -0.25) is 9.59 Å². The van der Waals surface area contributed by atoms with Gasteiger partial charge in [-0.15, -0.1) is 11.3 Å². The number of hydrogen-bond donors (Lipinski definition) is 0. The van der Waals surface area contributed by atoms with Gasteiger partial charge in [-0.05, 0) is 11.4 Å². The number of thiophene rings is 1. The summed E-state index contributed by atoms with van der Waals surface area (Å²) in [5.41, 5.74) is 1.67. The lowest BCUT2D eigenvalue weighted by Gasteiger charge is -2.14. The number of aromatic nitrogens is 1. The molecule has 2 heterocycles. The molecule has 0 fully saturated rings. The molecule has 1 amide bonds. The van der Waals surface area contributed by atoms with E-state index in [0.717, 1.165) is 10.6 Å².